The molecular weight excluding hydrogens is 216 g/mol. The van der Waals surface area contributed by atoms with E-state index in [2.05, 4.69) is 6.58 Å². The molecule has 0 fully saturated rings. The zero-order chi connectivity index (χ0) is 12.7. The second kappa shape index (κ2) is 7.09. The van der Waals surface area contributed by atoms with Gasteiger partial charge in [-0.05, 0) is 24.1 Å². The van der Waals surface area contributed by atoms with E-state index in [1.165, 1.54) is 0 Å². The first-order valence-electron chi connectivity index (χ1n) is 5.67. The molecule has 1 aromatic rings. The molecule has 0 aliphatic heterocycles. The molecule has 0 amide bonds. The van der Waals surface area contributed by atoms with E-state index in [-0.39, 0.29) is 6.10 Å². The quantitative estimate of drug-likeness (QED) is 0.740. The van der Waals surface area contributed by atoms with Gasteiger partial charge in [0.15, 0.2) is 0 Å². The van der Waals surface area contributed by atoms with Crippen LogP contribution in [0.2, 0.25) is 0 Å². The average molecular weight is 236 g/mol. The van der Waals surface area contributed by atoms with Gasteiger partial charge in [-0.15, -0.1) is 6.58 Å². The van der Waals surface area contributed by atoms with Crippen LogP contribution in [0.3, 0.4) is 0 Å². The lowest BCUT2D eigenvalue weighted by molar-refractivity contribution is 0.0456. The Labute approximate surface area is 103 Å². The number of rotatable bonds is 7. The fourth-order valence-electron chi connectivity index (χ4n) is 1.72. The fraction of sp³-hybridized carbons (Fsp3) is 0.429. The van der Waals surface area contributed by atoms with E-state index >= 15 is 0 Å². The molecular formula is C14H20O3. The summed E-state index contributed by atoms with van der Waals surface area (Å²) in [7, 11) is 3.28. The van der Waals surface area contributed by atoms with Crippen LogP contribution < -0.4 is 4.74 Å². The number of hydrogen-bond acceptors (Lipinski definition) is 3. The lowest BCUT2D eigenvalue weighted by atomic mass is 10.0. The average Bonchev–Trinajstić information content (AvgIpc) is 2.36. The van der Waals surface area contributed by atoms with Gasteiger partial charge < -0.3 is 14.6 Å². The normalized spacial score (nSPS) is 14.1. The third kappa shape index (κ3) is 4.21. The number of benzene rings is 1. The largest absolute Gasteiger partial charge is 0.497 e. The Morgan fingerprint density at radius 2 is 1.94 bits per heavy atom. The first kappa shape index (κ1) is 13.7. The highest BCUT2D eigenvalue weighted by Gasteiger charge is 2.15. The Hall–Kier alpha value is -1.32. The van der Waals surface area contributed by atoms with Gasteiger partial charge in [0, 0.05) is 13.5 Å². The van der Waals surface area contributed by atoms with Gasteiger partial charge in [-0.3, -0.25) is 0 Å². The summed E-state index contributed by atoms with van der Waals surface area (Å²) < 4.78 is 10.5. The van der Waals surface area contributed by atoms with Crippen LogP contribution in [0.15, 0.2) is 36.9 Å². The van der Waals surface area contributed by atoms with Crippen LogP contribution in [0, 0.1) is 0 Å². The Morgan fingerprint density at radius 3 is 2.41 bits per heavy atom. The second-order valence-electron chi connectivity index (χ2n) is 3.91. The summed E-state index contributed by atoms with van der Waals surface area (Å²) in [6, 6.07) is 7.68. The van der Waals surface area contributed by atoms with E-state index in [4.69, 9.17) is 9.47 Å². The lowest BCUT2D eigenvalue weighted by Crippen LogP contribution is -2.13. The van der Waals surface area contributed by atoms with Crippen LogP contribution in [0.25, 0.3) is 0 Å². The SMILES string of the molecule is C=CC[C@@H](O)C[C@H](OC)c1ccc(OC)cc1. The monoisotopic (exact) mass is 236 g/mol. The number of hydrogen-bond donors (Lipinski definition) is 1. The molecule has 1 rings (SSSR count). The molecule has 0 aromatic heterocycles. The molecule has 0 saturated heterocycles. The fourth-order valence-corrected chi connectivity index (χ4v) is 1.72. The lowest BCUT2D eigenvalue weighted by Gasteiger charge is -2.19. The van der Waals surface area contributed by atoms with Gasteiger partial charge in [0.1, 0.15) is 5.75 Å². The molecule has 1 N–H and O–H groups in total. The molecule has 0 aliphatic carbocycles. The molecule has 17 heavy (non-hydrogen) atoms. The highest BCUT2D eigenvalue weighted by molar-refractivity contribution is 5.28. The van der Waals surface area contributed by atoms with Crippen molar-refractivity contribution in [3.63, 3.8) is 0 Å². The molecule has 0 radical (unpaired) electrons. The maximum Gasteiger partial charge on any atom is 0.118 e. The molecule has 0 saturated carbocycles. The molecule has 0 spiro atoms. The Kier molecular flexibility index (Phi) is 5.73. The third-order valence-corrected chi connectivity index (χ3v) is 2.70. The molecule has 0 aliphatic rings. The van der Waals surface area contributed by atoms with Gasteiger partial charge in [-0.1, -0.05) is 18.2 Å². The van der Waals surface area contributed by atoms with Crippen molar-refractivity contribution in [1.82, 2.24) is 0 Å². The summed E-state index contributed by atoms with van der Waals surface area (Å²) in [4.78, 5) is 0. The van der Waals surface area contributed by atoms with E-state index in [9.17, 15) is 5.11 Å². The van der Waals surface area contributed by atoms with Crippen molar-refractivity contribution < 1.29 is 14.6 Å². The van der Waals surface area contributed by atoms with E-state index in [1.807, 2.05) is 24.3 Å². The van der Waals surface area contributed by atoms with Crippen molar-refractivity contribution in [2.24, 2.45) is 0 Å². The molecule has 0 bridgehead atoms. The first-order valence-corrected chi connectivity index (χ1v) is 5.67. The summed E-state index contributed by atoms with van der Waals surface area (Å²) in [6.07, 6.45) is 2.34. The highest BCUT2D eigenvalue weighted by atomic mass is 16.5. The predicted octanol–water partition coefficient (Wildman–Crippen LogP) is 2.71. The van der Waals surface area contributed by atoms with Crippen LogP contribution >= 0.6 is 0 Å². The van der Waals surface area contributed by atoms with Gasteiger partial charge in [0.25, 0.3) is 0 Å². The number of ether oxygens (including phenoxy) is 2. The Bertz CT molecular complexity index is 332. The smallest absolute Gasteiger partial charge is 0.118 e. The van der Waals surface area contributed by atoms with Crippen LogP contribution in [0.4, 0.5) is 0 Å². The van der Waals surface area contributed by atoms with Crippen molar-refractivity contribution in [2.75, 3.05) is 14.2 Å². The van der Waals surface area contributed by atoms with Crippen molar-refractivity contribution in [3.8, 4) is 5.75 Å². The summed E-state index contributed by atoms with van der Waals surface area (Å²) in [5.74, 6) is 0.815. The topological polar surface area (TPSA) is 38.7 Å². The second-order valence-corrected chi connectivity index (χ2v) is 3.91. The van der Waals surface area contributed by atoms with E-state index in [0.29, 0.717) is 12.8 Å². The van der Waals surface area contributed by atoms with Crippen molar-refractivity contribution in [2.45, 2.75) is 25.0 Å². The third-order valence-electron chi connectivity index (χ3n) is 2.70. The van der Waals surface area contributed by atoms with Crippen LogP contribution in [-0.4, -0.2) is 25.4 Å². The molecule has 2 atom stereocenters. The molecule has 3 heteroatoms. The van der Waals surface area contributed by atoms with Gasteiger partial charge in [0.05, 0.1) is 19.3 Å². The minimum atomic E-state index is -0.417. The molecule has 0 unspecified atom stereocenters. The maximum atomic E-state index is 9.74. The summed E-state index contributed by atoms with van der Waals surface area (Å²) in [5, 5.41) is 9.74. The molecule has 94 valence electrons. The zero-order valence-electron chi connectivity index (χ0n) is 10.4. The molecule has 0 heterocycles. The Balaban J connectivity index is 2.68. The maximum absolute atomic E-state index is 9.74. The van der Waals surface area contributed by atoms with Gasteiger partial charge in [0.2, 0.25) is 0 Å². The van der Waals surface area contributed by atoms with Crippen molar-refractivity contribution in [3.05, 3.63) is 42.5 Å². The summed E-state index contributed by atoms with van der Waals surface area (Å²) in [5.41, 5.74) is 1.04. The number of aliphatic hydroxyl groups excluding tert-OH is 1. The van der Waals surface area contributed by atoms with Crippen LogP contribution in [-0.2, 0) is 4.74 Å². The van der Waals surface area contributed by atoms with Gasteiger partial charge >= 0.3 is 0 Å². The number of aliphatic hydroxyl groups is 1. The minimum Gasteiger partial charge on any atom is -0.497 e. The first-order chi connectivity index (χ1) is 8.21. The van der Waals surface area contributed by atoms with Gasteiger partial charge in [-0.2, -0.15) is 0 Å². The number of methoxy groups -OCH3 is 2. The molecule has 3 nitrogen and oxygen atoms in total. The summed E-state index contributed by atoms with van der Waals surface area (Å²) >= 11 is 0. The van der Waals surface area contributed by atoms with E-state index in [0.717, 1.165) is 11.3 Å². The highest BCUT2D eigenvalue weighted by Crippen LogP contribution is 2.25. The van der Waals surface area contributed by atoms with Gasteiger partial charge in [-0.25, -0.2) is 0 Å². The predicted molar refractivity (Wildman–Crippen MR) is 68.2 cm³/mol. The minimum absolute atomic E-state index is 0.101. The van der Waals surface area contributed by atoms with Crippen LogP contribution in [0.5, 0.6) is 5.75 Å². The van der Waals surface area contributed by atoms with Crippen molar-refractivity contribution in [1.29, 1.82) is 0 Å². The van der Waals surface area contributed by atoms with E-state index < -0.39 is 6.10 Å². The zero-order valence-corrected chi connectivity index (χ0v) is 10.4. The van der Waals surface area contributed by atoms with E-state index in [1.54, 1.807) is 20.3 Å². The Morgan fingerprint density at radius 1 is 1.29 bits per heavy atom. The summed E-state index contributed by atoms with van der Waals surface area (Å²) in [6.45, 7) is 3.61. The van der Waals surface area contributed by atoms with Crippen molar-refractivity contribution >= 4 is 0 Å². The van der Waals surface area contributed by atoms with Crippen LogP contribution in [0.1, 0.15) is 24.5 Å². The molecule has 1 aromatic carbocycles. The standard InChI is InChI=1S/C14H20O3/c1-4-5-12(15)10-14(17-3)11-6-8-13(16-2)9-7-11/h4,6-9,12,14-15H,1,5,10H2,2-3H3/t12-,14+/m1/s1.